The van der Waals surface area contributed by atoms with Crippen LogP contribution in [-0.2, 0) is 4.74 Å². The van der Waals surface area contributed by atoms with E-state index in [1.165, 1.54) is 4.90 Å². The minimum atomic E-state index is -0.599. The van der Waals surface area contributed by atoms with Gasteiger partial charge < -0.3 is 19.3 Å². The molecule has 0 aromatic carbocycles. The third-order valence-corrected chi connectivity index (χ3v) is 4.55. The predicted octanol–water partition coefficient (Wildman–Crippen LogP) is 1.34. The predicted molar refractivity (Wildman–Crippen MR) is 90.1 cm³/mol. The lowest BCUT2D eigenvalue weighted by Gasteiger charge is -2.29. The Hall–Kier alpha value is -1.44. The molecule has 7 heteroatoms. The number of aromatic nitrogens is 1. The average Bonchev–Trinajstić information content (AvgIpc) is 3.05. The number of β-amino-alcohol motifs (C(OH)–C–C–N with tert-alkyl or cyclic N) is 1. The summed E-state index contributed by atoms with van der Waals surface area (Å²) in [5.41, 5.74) is 0.825. The van der Waals surface area contributed by atoms with Crippen molar-refractivity contribution in [3.63, 3.8) is 0 Å². The highest BCUT2D eigenvalue weighted by atomic mass is 16.5. The standard InChI is InChI=1S/C17H29N3O4/c1-4-13(5-2)15-10-16(24-18-15)17(22)19(3)11-14(21)12-20-6-8-23-9-7-20/h10,13-14,21H,4-9,11-12H2,1-3H3/t14-/m1/s1. The lowest BCUT2D eigenvalue weighted by atomic mass is 9.99. The highest BCUT2D eigenvalue weighted by Gasteiger charge is 2.23. The second kappa shape index (κ2) is 9.15. The van der Waals surface area contributed by atoms with E-state index in [9.17, 15) is 9.90 Å². The van der Waals surface area contributed by atoms with Crippen molar-refractivity contribution in [3.8, 4) is 0 Å². The Morgan fingerprint density at radius 2 is 2.04 bits per heavy atom. The summed E-state index contributed by atoms with van der Waals surface area (Å²) in [7, 11) is 1.67. The van der Waals surface area contributed by atoms with Gasteiger partial charge in [-0.15, -0.1) is 0 Å². The number of morpholine rings is 1. The molecule has 1 saturated heterocycles. The molecule has 0 spiro atoms. The summed E-state index contributed by atoms with van der Waals surface area (Å²) < 4.78 is 10.5. The van der Waals surface area contributed by atoms with Crippen molar-refractivity contribution >= 4 is 5.91 Å². The van der Waals surface area contributed by atoms with Gasteiger partial charge in [-0.1, -0.05) is 19.0 Å². The molecule has 1 aliphatic rings. The van der Waals surface area contributed by atoms with E-state index in [-0.39, 0.29) is 18.2 Å². The number of likely N-dealkylation sites (N-methyl/N-ethyl adjacent to an activating group) is 1. The third-order valence-electron chi connectivity index (χ3n) is 4.55. The molecule has 136 valence electrons. The maximum absolute atomic E-state index is 12.4. The molecule has 24 heavy (non-hydrogen) atoms. The van der Waals surface area contributed by atoms with Crippen LogP contribution in [0, 0.1) is 0 Å². The zero-order valence-electron chi connectivity index (χ0n) is 14.9. The van der Waals surface area contributed by atoms with Crippen LogP contribution in [0.3, 0.4) is 0 Å². The minimum Gasteiger partial charge on any atom is -0.390 e. The molecule has 1 aromatic heterocycles. The summed E-state index contributed by atoms with van der Waals surface area (Å²) in [5.74, 6) is 0.297. The Bertz CT molecular complexity index is 510. The van der Waals surface area contributed by atoms with Gasteiger partial charge in [-0.3, -0.25) is 9.69 Å². The summed E-state index contributed by atoms with van der Waals surface area (Å²) in [6.45, 7) is 8.01. The molecule has 1 N–H and O–H groups in total. The van der Waals surface area contributed by atoms with E-state index in [2.05, 4.69) is 23.9 Å². The van der Waals surface area contributed by atoms with E-state index >= 15 is 0 Å². The van der Waals surface area contributed by atoms with Crippen LogP contribution in [0.2, 0.25) is 0 Å². The number of carbonyl (C=O) groups excluding carboxylic acids is 1. The van der Waals surface area contributed by atoms with Gasteiger partial charge in [0.25, 0.3) is 5.91 Å². The molecule has 1 amide bonds. The molecule has 1 aliphatic heterocycles. The maximum Gasteiger partial charge on any atom is 0.292 e. The maximum atomic E-state index is 12.4. The number of amides is 1. The van der Waals surface area contributed by atoms with E-state index in [0.29, 0.717) is 25.7 Å². The number of hydrogen-bond acceptors (Lipinski definition) is 6. The fourth-order valence-electron chi connectivity index (χ4n) is 3.02. The fourth-order valence-corrected chi connectivity index (χ4v) is 3.02. The first-order valence-electron chi connectivity index (χ1n) is 8.75. The highest BCUT2D eigenvalue weighted by molar-refractivity contribution is 5.91. The normalized spacial score (nSPS) is 17.2. The lowest BCUT2D eigenvalue weighted by Crippen LogP contribution is -2.45. The first-order valence-corrected chi connectivity index (χ1v) is 8.75. The molecule has 0 aliphatic carbocycles. The molecule has 0 radical (unpaired) electrons. The van der Waals surface area contributed by atoms with Crippen LogP contribution in [0.4, 0.5) is 0 Å². The number of aliphatic hydroxyl groups excluding tert-OH is 1. The Morgan fingerprint density at radius 1 is 1.38 bits per heavy atom. The van der Waals surface area contributed by atoms with Crippen LogP contribution >= 0.6 is 0 Å². The quantitative estimate of drug-likeness (QED) is 0.770. The average molecular weight is 339 g/mol. The number of carbonyl (C=O) groups is 1. The van der Waals surface area contributed by atoms with Crippen molar-refractivity contribution in [2.75, 3.05) is 46.4 Å². The second-order valence-corrected chi connectivity index (χ2v) is 6.38. The van der Waals surface area contributed by atoms with Crippen molar-refractivity contribution in [1.82, 2.24) is 15.0 Å². The second-order valence-electron chi connectivity index (χ2n) is 6.38. The molecule has 1 atom stereocenters. The monoisotopic (exact) mass is 339 g/mol. The van der Waals surface area contributed by atoms with Crippen LogP contribution in [0.5, 0.6) is 0 Å². The van der Waals surface area contributed by atoms with Gasteiger partial charge in [0.1, 0.15) is 0 Å². The summed E-state index contributed by atoms with van der Waals surface area (Å²) in [6.07, 6.45) is 1.33. The van der Waals surface area contributed by atoms with Crippen molar-refractivity contribution in [2.24, 2.45) is 0 Å². The van der Waals surface area contributed by atoms with E-state index in [1.54, 1.807) is 13.1 Å². The SMILES string of the molecule is CCC(CC)c1cc(C(=O)N(C)C[C@@H](O)CN2CCOCC2)on1. The van der Waals surface area contributed by atoms with E-state index in [0.717, 1.165) is 31.6 Å². The smallest absolute Gasteiger partial charge is 0.292 e. The van der Waals surface area contributed by atoms with Crippen molar-refractivity contribution in [3.05, 3.63) is 17.5 Å². The fraction of sp³-hybridized carbons (Fsp3) is 0.765. The van der Waals surface area contributed by atoms with Crippen molar-refractivity contribution in [2.45, 2.75) is 38.7 Å². The summed E-state index contributed by atoms with van der Waals surface area (Å²) in [5, 5.41) is 14.2. The van der Waals surface area contributed by atoms with E-state index < -0.39 is 6.10 Å². The van der Waals surface area contributed by atoms with Crippen LogP contribution in [-0.4, -0.2) is 78.5 Å². The molecule has 1 aromatic rings. The van der Waals surface area contributed by atoms with Gasteiger partial charge in [0, 0.05) is 45.2 Å². The number of rotatable bonds is 8. The van der Waals surface area contributed by atoms with Gasteiger partial charge in [-0.25, -0.2) is 0 Å². The van der Waals surface area contributed by atoms with Crippen LogP contribution < -0.4 is 0 Å². The van der Waals surface area contributed by atoms with Gasteiger partial charge in [-0.05, 0) is 12.8 Å². The Kier molecular flexibility index (Phi) is 7.20. The Balaban J connectivity index is 1.86. The summed E-state index contributed by atoms with van der Waals surface area (Å²) >= 11 is 0. The van der Waals surface area contributed by atoms with Gasteiger partial charge >= 0.3 is 0 Å². The van der Waals surface area contributed by atoms with Gasteiger partial charge in [0.15, 0.2) is 0 Å². The van der Waals surface area contributed by atoms with Crippen molar-refractivity contribution in [1.29, 1.82) is 0 Å². The molecule has 0 saturated carbocycles. The molecule has 2 rings (SSSR count). The number of aliphatic hydroxyl groups is 1. The zero-order chi connectivity index (χ0) is 17.5. The van der Waals surface area contributed by atoms with Crippen LogP contribution in [0.25, 0.3) is 0 Å². The zero-order valence-corrected chi connectivity index (χ0v) is 14.9. The van der Waals surface area contributed by atoms with E-state index in [1.807, 2.05) is 0 Å². The first kappa shape index (κ1) is 18.9. The lowest BCUT2D eigenvalue weighted by molar-refractivity contribution is 0.00846. The molecule has 1 fully saturated rings. The highest BCUT2D eigenvalue weighted by Crippen LogP contribution is 2.22. The van der Waals surface area contributed by atoms with Gasteiger partial charge in [-0.2, -0.15) is 0 Å². The summed E-state index contributed by atoms with van der Waals surface area (Å²) in [4.78, 5) is 16.1. The van der Waals surface area contributed by atoms with Crippen molar-refractivity contribution < 1.29 is 19.2 Å². The molecule has 7 nitrogen and oxygen atoms in total. The molecule has 2 heterocycles. The van der Waals surface area contributed by atoms with Crippen LogP contribution in [0.15, 0.2) is 10.6 Å². The first-order chi connectivity index (χ1) is 11.5. The number of ether oxygens (including phenoxy) is 1. The number of nitrogens with zero attached hydrogens (tertiary/aromatic N) is 3. The van der Waals surface area contributed by atoms with Gasteiger partial charge in [0.2, 0.25) is 5.76 Å². The molecule has 0 unspecified atom stereocenters. The molecular formula is C17H29N3O4. The Morgan fingerprint density at radius 3 is 2.67 bits per heavy atom. The largest absolute Gasteiger partial charge is 0.390 e. The van der Waals surface area contributed by atoms with E-state index in [4.69, 9.17) is 9.26 Å². The Labute approximate surface area is 143 Å². The minimum absolute atomic E-state index is 0.234. The third kappa shape index (κ3) is 5.03. The topological polar surface area (TPSA) is 79.0 Å². The molecule has 0 bridgehead atoms. The van der Waals surface area contributed by atoms with Crippen LogP contribution in [0.1, 0.15) is 48.9 Å². The molecular weight excluding hydrogens is 310 g/mol. The number of hydrogen-bond donors (Lipinski definition) is 1. The summed E-state index contributed by atoms with van der Waals surface area (Å²) in [6, 6.07) is 1.73. The van der Waals surface area contributed by atoms with Gasteiger partial charge in [0.05, 0.1) is 25.0 Å².